The van der Waals surface area contributed by atoms with Gasteiger partial charge in [0.05, 0.1) is 38.6 Å². The summed E-state index contributed by atoms with van der Waals surface area (Å²) in [5.41, 5.74) is 2.00. The Kier molecular flexibility index (Phi) is 10.6. The van der Waals surface area contributed by atoms with E-state index in [0.717, 1.165) is 0 Å². The van der Waals surface area contributed by atoms with Crippen molar-refractivity contribution < 1.29 is 33.7 Å². The van der Waals surface area contributed by atoms with Crippen LogP contribution in [0.3, 0.4) is 0 Å². The van der Waals surface area contributed by atoms with E-state index in [9.17, 15) is 19.5 Å². The van der Waals surface area contributed by atoms with Crippen molar-refractivity contribution in [1.29, 1.82) is 0 Å². The van der Waals surface area contributed by atoms with Gasteiger partial charge in [0.1, 0.15) is 28.9 Å². The zero-order chi connectivity index (χ0) is 37.0. The molecule has 3 saturated heterocycles. The van der Waals surface area contributed by atoms with Crippen LogP contribution in [0.25, 0.3) is 11.3 Å². The minimum absolute atomic E-state index is 0.0389. The number of halogens is 1. The Balaban J connectivity index is 1.13. The second kappa shape index (κ2) is 15.6. The van der Waals surface area contributed by atoms with Crippen LogP contribution >= 0.6 is 11.6 Å². The molecule has 0 aliphatic carbocycles. The van der Waals surface area contributed by atoms with Gasteiger partial charge in [-0.05, 0) is 42.5 Å². The molecule has 3 aliphatic rings. The predicted molar refractivity (Wildman–Crippen MR) is 197 cm³/mol. The number of ether oxygens (including phenoxy) is 3. The smallest absolute Gasteiger partial charge is 0.344 e. The van der Waals surface area contributed by atoms with Gasteiger partial charge >= 0.3 is 6.03 Å². The zero-order valence-corrected chi connectivity index (χ0v) is 29.7. The van der Waals surface area contributed by atoms with Crippen molar-refractivity contribution >= 4 is 40.8 Å². The number of aryl methyl sites for hydroxylation is 1. The van der Waals surface area contributed by atoms with E-state index in [-0.39, 0.29) is 18.1 Å². The molecule has 53 heavy (non-hydrogen) atoms. The molecule has 7 rings (SSSR count). The second-order valence-electron chi connectivity index (χ2n) is 12.8. The Morgan fingerprint density at radius 1 is 0.962 bits per heavy atom. The van der Waals surface area contributed by atoms with Crippen LogP contribution in [0.1, 0.15) is 29.5 Å². The van der Waals surface area contributed by atoms with Crippen LogP contribution in [0.5, 0.6) is 5.75 Å². The molecule has 13 nitrogen and oxygen atoms in total. The van der Waals surface area contributed by atoms with Crippen molar-refractivity contribution in [3.8, 4) is 28.8 Å². The molecule has 4 heterocycles. The highest BCUT2D eigenvalue weighted by Crippen LogP contribution is 2.38. The molecule has 0 radical (unpaired) electrons. The van der Waals surface area contributed by atoms with Crippen LogP contribution < -0.4 is 5.32 Å². The van der Waals surface area contributed by atoms with Crippen molar-refractivity contribution in [2.24, 2.45) is 12.0 Å². The Hall–Kier alpha value is -5.52. The number of aromatic hydroxyl groups is 1. The molecule has 2 N–H and O–H groups in total. The monoisotopic (exact) mass is 736 g/mol. The number of anilines is 1. The number of nitrogens with zero attached hydrogens (tertiary/aromatic N) is 5. The van der Waals surface area contributed by atoms with Crippen molar-refractivity contribution in [3.63, 3.8) is 0 Å². The summed E-state index contributed by atoms with van der Waals surface area (Å²) in [6, 6.07) is 18.9. The maximum atomic E-state index is 14.6. The van der Waals surface area contributed by atoms with E-state index in [1.54, 1.807) is 83.5 Å². The second-order valence-corrected chi connectivity index (χ2v) is 13.2. The molecule has 0 saturated carbocycles. The van der Waals surface area contributed by atoms with Crippen LogP contribution in [0.4, 0.5) is 10.5 Å². The number of phenolic OH excluding ortho intramolecular Hbond substituents is 1. The maximum Gasteiger partial charge on any atom is 0.344 e. The molecule has 0 unspecified atom stereocenters. The van der Waals surface area contributed by atoms with Crippen molar-refractivity contribution in [2.45, 2.75) is 24.6 Å². The van der Waals surface area contributed by atoms with Crippen LogP contribution in [0.15, 0.2) is 84.0 Å². The lowest BCUT2D eigenvalue weighted by Gasteiger charge is -2.41. The molecule has 1 aromatic heterocycles. The van der Waals surface area contributed by atoms with Crippen molar-refractivity contribution in [1.82, 2.24) is 19.6 Å². The summed E-state index contributed by atoms with van der Waals surface area (Å²) in [6.45, 7) is 2.12. The van der Waals surface area contributed by atoms with Gasteiger partial charge in [0.2, 0.25) is 5.91 Å². The third-order valence-electron chi connectivity index (χ3n) is 9.33. The topological polar surface area (TPSA) is 148 Å². The Morgan fingerprint density at radius 3 is 2.42 bits per heavy atom. The number of hydrogen-bond donors (Lipinski definition) is 2. The van der Waals surface area contributed by atoms with Gasteiger partial charge in [0.25, 0.3) is 5.91 Å². The molecule has 1 atom stereocenters. The fourth-order valence-electron chi connectivity index (χ4n) is 6.60. The molecule has 4 amide bonds. The van der Waals surface area contributed by atoms with Gasteiger partial charge < -0.3 is 29.5 Å². The predicted octanol–water partition coefficient (Wildman–Crippen LogP) is 4.46. The molecule has 3 fully saturated rings. The van der Waals surface area contributed by atoms with Crippen molar-refractivity contribution in [2.75, 3.05) is 51.4 Å². The fraction of sp³-hybridized carbons (Fsp3) is 0.308. The largest absolute Gasteiger partial charge is 0.507 e. The number of phenols is 1. The highest BCUT2D eigenvalue weighted by Gasteiger charge is 2.54. The first kappa shape index (κ1) is 35.9. The number of morpholine rings is 1. The SMILES string of the molecule is Cn1cc(C#Cc2ccc(NC(=O)[C@@H]3COC4(CCOCC4)N3C(=O)/C(=N/C(=O)N3CCOCC3)c3ccccc3)cc2)c(-c2cc(Cl)ccc2O)n1. The van der Waals surface area contributed by atoms with Crippen LogP contribution in [-0.4, -0.2) is 106 Å². The summed E-state index contributed by atoms with van der Waals surface area (Å²) in [4.78, 5) is 49.3. The lowest BCUT2D eigenvalue weighted by atomic mass is 9.99. The standard InChI is InChI=1S/C39H37ClN6O7/c1-44-24-28(34(43-44)31-23-29(40)11-14-33(31)47)10-7-26-8-12-30(13-9-26)41-36(48)32-25-53-39(15-19-51-20-16-39)46(32)37(49)35(27-5-3-2-4-6-27)42-38(50)45-17-21-52-22-18-45/h2-6,8-9,11-14,23-24,32,47H,15-22,25H2,1H3,(H,41,48)/b42-35+/t32-/m0/s1. The number of aromatic nitrogens is 2. The molecular formula is C39H37ClN6O7. The minimum Gasteiger partial charge on any atom is -0.507 e. The van der Waals surface area contributed by atoms with Gasteiger partial charge in [-0.3, -0.25) is 19.2 Å². The molecule has 3 aliphatic heterocycles. The lowest BCUT2D eigenvalue weighted by Crippen LogP contribution is -2.58. The summed E-state index contributed by atoms with van der Waals surface area (Å²) in [6.07, 6.45) is 2.46. The van der Waals surface area contributed by atoms with E-state index in [2.05, 4.69) is 27.2 Å². The van der Waals surface area contributed by atoms with Gasteiger partial charge in [-0.25, -0.2) is 4.79 Å². The zero-order valence-electron chi connectivity index (χ0n) is 29.0. The highest BCUT2D eigenvalue weighted by atomic mass is 35.5. The molecular weight excluding hydrogens is 700 g/mol. The summed E-state index contributed by atoms with van der Waals surface area (Å²) in [5.74, 6) is 5.24. The van der Waals surface area contributed by atoms with Crippen LogP contribution in [-0.2, 0) is 30.8 Å². The normalized spacial score (nSPS) is 18.4. The number of urea groups is 1. The number of carbonyl (C=O) groups excluding carboxylic acids is 3. The number of benzene rings is 3. The van der Waals surface area contributed by atoms with E-state index in [0.29, 0.717) is 91.0 Å². The molecule has 1 spiro atoms. The number of carbonyl (C=O) groups is 3. The Morgan fingerprint density at radius 2 is 1.68 bits per heavy atom. The van der Waals surface area contributed by atoms with Crippen molar-refractivity contribution in [3.05, 3.63) is 101 Å². The molecule has 14 heteroatoms. The maximum absolute atomic E-state index is 14.6. The van der Waals surface area contributed by atoms with E-state index in [4.69, 9.17) is 25.8 Å². The Bertz CT molecular complexity index is 2100. The first-order valence-electron chi connectivity index (χ1n) is 17.2. The van der Waals surface area contributed by atoms with Gasteiger partial charge in [-0.1, -0.05) is 53.8 Å². The number of rotatable bonds is 5. The van der Waals surface area contributed by atoms with Gasteiger partial charge in [0.15, 0.2) is 0 Å². The van der Waals surface area contributed by atoms with Crippen LogP contribution in [0, 0.1) is 11.8 Å². The lowest BCUT2D eigenvalue weighted by molar-refractivity contribution is -0.164. The van der Waals surface area contributed by atoms with Gasteiger partial charge in [-0.2, -0.15) is 10.1 Å². The first-order valence-corrected chi connectivity index (χ1v) is 17.6. The number of hydrogen-bond acceptors (Lipinski definition) is 8. The van der Waals surface area contributed by atoms with E-state index >= 15 is 0 Å². The molecule has 272 valence electrons. The first-order chi connectivity index (χ1) is 25.7. The number of amides is 4. The summed E-state index contributed by atoms with van der Waals surface area (Å²) < 4.78 is 18.9. The van der Waals surface area contributed by atoms with Gasteiger partial charge in [0, 0.05) is 66.6 Å². The summed E-state index contributed by atoms with van der Waals surface area (Å²) in [5, 5.41) is 18.3. The fourth-order valence-corrected chi connectivity index (χ4v) is 6.78. The highest BCUT2D eigenvalue weighted by molar-refractivity contribution is 6.47. The number of aliphatic imine (C=N–C) groups is 1. The molecule has 3 aromatic carbocycles. The molecule has 4 aromatic rings. The quantitative estimate of drug-likeness (QED) is 0.226. The Labute approximate surface area is 311 Å². The average molecular weight is 737 g/mol. The third-order valence-corrected chi connectivity index (χ3v) is 9.57. The average Bonchev–Trinajstić information content (AvgIpc) is 3.74. The van der Waals surface area contributed by atoms with E-state index in [1.165, 1.54) is 11.0 Å². The number of nitrogens with one attached hydrogen (secondary N) is 1. The molecule has 0 bridgehead atoms. The third kappa shape index (κ3) is 7.81. The van der Waals surface area contributed by atoms with Gasteiger partial charge in [-0.15, -0.1) is 0 Å². The minimum atomic E-state index is -1.11. The summed E-state index contributed by atoms with van der Waals surface area (Å²) >= 11 is 6.17. The van der Waals surface area contributed by atoms with Crippen LogP contribution in [0.2, 0.25) is 5.02 Å². The van der Waals surface area contributed by atoms with E-state index in [1.807, 2.05) is 6.07 Å². The van der Waals surface area contributed by atoms with E-state index < -0.39 is 29.6 Å². The summed E-state index contributed by atoms with van der Waals surface area (Å²) in [7, 11) is 1.77.